The summed E-state index contributed by atoms with van der Waals surface area (Å²) < 4.78 is 2.13. The Balaban J connectivity index is 1.66. The Bertz CT molecular complexity index is 1290. The van der Waals surface area contributed by atoms with Crippen molar-refractivity contribution in [2.75, 3.05) is 5.32 Å². The summed E-state index contributed by atoms with van der Waals surface area (Å²) in [5, 5.41) is 5.62. The van der Waals surface area contributed by atoms with Crippen LogP contribution in [0.2, 0.25) is 5.02 Å². The molecule has 1 saturated carbocycles. The van der Waals surface area contributed by atoms with E-state index in [2.05, 4.69) is 73.3 Å². The maximum atomic E-state index is 6.48. The predicted molar refractivity (Wildman–Crippen MR) is 138 cm³/mol. The van der Waals surface area contributed by atoms with Crippen LogP contribution >= 0.6 is 11.6 Å². The molecule has 0 bridgehead atoms. The highest BCUT2D eigenvalue weighted by atomic mass is 35.5. The zero-order chi connectivity index (χ0) is 23.2. The summed E-state index contributed by atoms with van der Waals surface area (Å²) in [6.45, 7) is 9.13. The van der Waals surface area contributed by atoms with Crippen LogP contribution in [-0.2, 0) is 0 Å². The molecule has 0 amide bonds. The van der Waals surface area contributed by atoms with Gasteiger partial charge in [0.05, 0.1) is 5.39 Å². The molecule has 0 spiro atoms. The first kappa shape index (κ1) is 22.0. The van der Waals surface area contributed by atoms with Gasteiger partial charge in [0.1, 0.15) is 12.1 Å². The van der Waals surface area contributed by atoms with E-state index in [0.717, 1.165) is 57.1 Å². The van der Waals surface area contributed by atoms with E-state index in [-0.39, 0.29) is 0 Å². The van der Waals surface area contributed by atoms with Gasteiger partial charge in [-0.05, 0) is 60.8 Å². The van der Waals surface area contributed by atoms with E-state index in [9.17, 15) is 0 Å². The quantitative estimate of drug-likeness (QED) is 0.341. The Kier molecular flexibility index (Phi) is 5.65. The number of fused-ring (bicyclic) bond motifs is 1. The van der Waals surface area contributed by atoms with Crippen molar-refractivity contribution in [2.24, 2.45) is 11.3 Å². The van der Waals surface area contributed by atoms with Crippen molar-refractivity contribution in [1.29, 1.82) is 0 Å². The number of nitrogens with one attached hydrogen (secondary N) is 1. The van der Waals surface area contributed by atoms with E-state index in [1.54, 1.807) is 6.33 Å². The van der Waals surface area contributed by atoms with Crippen molar-refractivity contribution in [1.82, 2.24) is 14.5 Å². The topological polar surface area (TPSA) is 42.7 Å². The number of benzene rings is 2. The lowest BCUT2D eigenvalue weighted by Gasteiger charge is -2.39. The van der Waals surface area contributed by atoms with Crippen LogP contribution in [-0.4, -0.2) is 20.6 Å². The zero-order valence-electron chi connectivity index (χ0n) is 19.8. The molecule has 0 saturated heterocycles. The van der Waals surface area contributed by atoms with Gasteiger partial charge in [-0.25, -0.2) is 9.97 Å². The van der Waals surface area contributed by atoms with Gasteiger partial charge in [-0.3, -0.25) is 0 Å². The van der Waals surface area contributed by atoms with Crippen LogP contribution in [0.4, 0.5) is 5.82 Å². The van der Waals surface area contributed by atoms with Crippen LogP contribution in [0.15, 0.2) is 61.1 Å². The van der Waals surface area contributed by atoms with E-state index in [4.69, 9.17) is 21.6 Å². The largest absolute Gasteiger partial charge is 0.367 e. The Morgan fingerprint density at radius 2 is 1.85 bits per heavy atom. The third kappa shape index (κ3) is 4.37. The molecule has 0 radical (unpaired) electrons. The average Bonchev–Trinajstić information content (AvgIpc) is 3.16. The van der Waals surface area contributed by atoms with Crippen molar-refractivity contribution in [2.45, 2.75) is 53.0 Å². The average molecular weight is 459 g/mol. The number of hydrogen-bond acceptors (Lipinski definition) is 3. The molecular weight excluding hydrogens is 428 g/mol. The fourth-order valence-corrected chi connectivity index (χ4v) is 5.76. The van der Waals surface area contributed by atoms with Crippen molar-refractivity contribution in [3.05, 3.63) is 71.6 Å². The minimum atomic E-state index is 0.328. The Hall–Kier alpha value is -2.85. The number of aryl methyl sites for hydroxylation is 1. The van der Waals surface area contributed by atoms with E-state index >= 15 is 0 Å². The molecule has 2 heterocycles. The molecule has 5 heteroatoms. The molecule has 170 valence electrons. The van der Waals surface area contributed by atoms with Gasteiger partial charge in [-0.1, -0.05) is 68.8 Å². The lowest BCUT2D eigenvalue weighted by Crippen LogP contribution is -2.35. The minimum absolute atomic E-state index is 0.328. The molecule has 2 aromatic carbocycles. The molecule has 2 atom stereocenters. The fourth-order valence-electron chi connectivity index (χ4n) is 5.59. The summed E-state index contributed by atoms with van der Waals surface area (Å²) in [7, 11) is 0. The van der Waals surface area contributed by atoms with E-state index in [1.807, 2.05) is 19.1 Å². The van der Waals surface area contributed by atoms with Gasteiger partial charge in [0.2, 0.25) is 0 Å². The fraction of sp³-hybridized carbons (Fsp3) is 0.357. The summed E-state index contributed by atoms with van der Waals surface area (Å²) in [5.74, 6) is 1.60. The maximum Gasteiger partial charge on any atom is 0.150 e. The highest BCUT2D eigenvalue weighted by Crippen LogP contribution is 2.41. The van der Waals surface area contributed by atoms with Crippen LogP contribution in [0.3, 0.4) is 0 Å². The maximum absolute atomic E-state index is 6.48. The number of aromatic nitrogens is 3. The molecule has 1 N–H and O–H groups in total. The number of hydrogen-bond donors (Lipinski definition) is 1. The first-order chi connectivity index (χ1) is 15.8. The summed E-state index contributed by atoms with van der Waals surface area (Å²) >= 11 is 6.48. The van der Waals surface area contributed by atoms with Crippen LogP contribution in [0.5, 0.6) is 0 Å². The molecule has 4 nitrogen and oxygen atoms in total. The van der Waals surface area contributed by atoms with Crippen LogP contribution in [0, 0.1) is 18.3 Å². The molecule has 2 aromatic heterocycles. The number of anilines is 1. The van der Waals surface area contributed by atoms with Crippen molar-refractivity contribution < 1.29 is 0 Å². The predicted octanol–water partition coefficient (Wildman–Crippen LogP) is 7.68. The molecule has 1 fully saturated rings. The van der Waals surface area contributed by atoms with Gasteiger partial charge >= 0.3 is 0 Å². The first-order valence-corrected chi connectivity index (χ1v) is 12.1. The second-order valence-electron chi connectivity index (χ2n) is 10.4. The third-order valence-electron chi connectivity index (χ3n) is 6.83. The molecular formula is C28H31ClN4. The standard InChI is InChI=1S/C28H31ClN4/c1-18-12-21(15-28(3,4)14-18)32-26-25-23(20-8-6-5-7-9-20)16-33(27(25)31-17-30-26)22-11-10-19(2)24(29)13-22/h5-11,13,16-18,21H,12,14-15H2,1-4H3,(H,30,31,32)/t18-,21+/m0/s1. The second kappa shape index (κ2) is 8.49. The minimum Gasteiger partial charge on any atom is -0.367 e. The van der Waals surface area contributed by atoms with Gasteiger partial charge in [0.15, 0.2) is 5.65 Å². The van der Waals surface area contributed by atoms with Crippen molar-refractivity contribution >= 4 is 28.5 Å². The van der Waals surface area contributed by atoms with E-state index < -0.39 is 0 Å². The van der Waals surface area contributed by atoms with Crippen LogP contribution < -0.4 is 5.32 Å². The Morgan fingerprint density at radius 3 is 2.58 bits per heavy atom. The normalized spacial score (nSPS) is 20.2. The van der Waals surface area contributed by atoms with Gasteiger partial charge < -0.3 is 9.88 Å². The highest BCUT2D eigenvalue weighted by molar-refractivity contribution is 6.31. The number of halogens is 1. The zero-order valence-corrected chi connectivity index (χ0v) is 20.5. The summed E-state index contributed by atoms with van der Waals surface area (Å²) in [5.41, 5.74) is 5.53. The van der Waals surface area contributed by atoms with Crippen LogP contribution in [0.25, 0.3) is 27.8 Å². The van der Waals surface area contributed by atoms with Crippen molar-refractivity contribution in [3.63, 3.8) is 0 Å². The lowest BCUT2D eigenvalue weighted by atomic mass is 9.70. The molecule has 5 rings (SSSR count). The summed E-state index contributed by atoms with van der Waals surface area (Å²) in [6, 6.07) is 17.0. The van der Waals surface area contributed by atoms with Crippen molar-refractivity contribution in [3.8, 4) is 16.8 Å². The van der Waals surface area contributed by atoms with E-state index in [0.29, 0.717) is 17.4 Å². The first-order valence-electron chi connectivity index (χ1n) is 11.8. The summed E-state index contributed by atoms with van der Waals surface area (Å²) in [6.07, 6.45) is 7.39. The van der Waals surface area contributed by atoms with Gasteiger partial charge in [0, 0.05) is 28.5 Å². The smallest absolute Gasteiger partial charge is 0.150 e. The number of nitrogens with zero attached hydrogens (tertiary/aromatic N) is 3. The monoisotopic (exact) mass is 458 g/mol. The summed E-state index contributed by atoms with van der Waals surface area (Å²) in [4.78, 5) is 9.46. The molecule has 1 aliphatic carbocycles. The van der Waals surface area contributed by atoms with Gasteiger partial charge in [-0.2, -0.15) is 0 Å². The SMILES string of the molecule is Cc1ccc(-n2cc(-c3ccccc3)c3c(N[C@@H]4C[C@H](C)CC(C)(C)C4)ncnc32)cc1Cl. The Labute approximate surface area is 201 Å². The molecule has 0 unspecified atom stereocenters. The van der Waals surface area contributed by atoms with Gasteiger partial charge in [0.25, 0.3) is 0 Å². The highest BCUT2D eigenvalue weighted by Gasteiger charge is 2.32. The molecule has 4 aromatic rings. The third-order valence-corrected chi connectivity index (χ3v) is 7.24. The molecule has 1 aliphatic rings. The van der Waals surface area contributed by atoms with E-state index in [1.165, 1.54) is 6.42 Å². The molecule has 33 heavy (non-hydrogen) atoms. The Morgan fingerprint density at radius 1 is 1.06 bits per heavy atom. The molecule has 0 aliphatic heterocycles. The van der Waals surface area contributed by atoms with Crippen LogP contribution in [0.1, 0.15) is 45.6 Å². The lowest BCUT2D eigenvalue weighted by molar-refractivity contribution is 0.178. The van der Waals surface area contributed by atoms with Gasteiger partial charge in [-0.15, -0.1) is 0 Å². The second-order valence-corrected chi connectivity index (χ2v) is 10.8. The number of rotatable bonds is 4.